The first kappa shape index (κ1) is 10.5. The van der Waals surface area contributed by atoms with Crippen LogP contribution in [-0.4, -0.2) is 0 Å². The van der Waals surface area contributed by atoms with Crippen molar-refractivity contribution in [3.63, 3.8) is 0 Å². The van der Waals surface area contributed by atoms with Gasteiger partial charge in [-0.15, -0.1) is 0 Å². The fourth-order valence-electron chi connectivity index (χ4n) is 2.83. The molecule has 2 rings (SSSR count). The lowest BCUT2D eigenvalue weighted by Gasteiger charge is -2.27. The minimum Gasteiger partial charge on any atom is -0.0981 e. The molecule has 0 bridgehead atoms. The van der Waals surface area contributed by atoms with Gasteiger partial charge in [0.25, 0.3) is 0 Å². The highest BCUT2D eigenvalue weighted by Crippen LogP contribution is 2.52. The third-order valence-electron chi connectivity index (χ3n) is 4.03. The highest BCUT2D eigenvalue weighted by atomic mass is 14.5. The predicted octanol–water partition coefficient (Wildman–Crippen LogP) is 4.12. The van der Waals surface area contributed by atoms with Crippen LogP contribution in [0.5, 0.6) is 0 Å². The second-order valence-corrected chi connectivity index (χ2v) is 5.78. The van der Waals surface area contributed by atoms with E-state index in [0.29, 0.717) is 0 Å². The van der Waals surface area contributed by atoms with E-state index >= 15 is 0 Å². The van der Waals surface area contributed by atoms with Crippen molar-refractivity contribution in [3.8, 4) is 0 Å². The summed E-state index contributed by atoms with van der Waals surface area (Å²) in [6.07, 6.45) is 0. The first-order valence-electron chi connectivity index (χ1n) is 5.59. The van der Waals surface area contributed by atoms with Crippen LogP contribution in [0.3, 0.4) is 0 Å². The normalized spacial score (nSPS) is 21.5. The van der Waals surface area contributed by atoms with Gasteiger partial charge in [-0.3, -0.25) is 0 Å². The molecule has 0 atom stereocenters. The largest absolute Gasteiger partial charge is 0.0981 e. The molecule has 0 fully saturated rings. The van der Waals surface area contributed by atoms with Crippen LogP contribution in [-0.2, 0) is 10.8 Å². The van der Waals surface area contributed by atoms with Gasteiger partial charge in [-0.05, 0) is 18.1 Å². The smallest absolute Gasteiger partial charge is 0.0114 e. The van der Waals surface area contributed by atoms with Crippen LogP contribution in [0.25, 0.3) is 0 Å². The van der Waals surface area contributed by atoms with Crippen molar-refractivity contribution in [2.45, 2.75) is 45.4 Å². The number of allylic oxidation sites excluding steroid dienone is 1. The lowest BCUT2D eigenvalue weighted by Crippen LogP contribution is -2.22. The fourth-order valence-corrected chi connectivity index (χ4v) is 2.83. The van der Waals surface area contributed by atoms with Crippen LogP contribution >= 0.6 is 0 Å². The van der Waals surface area contributed by atoms with Gasteiger partial charge in [0.15, 0.2) is 0 Å². The second kappa shape index (κ2) is 2.75. The van der Waals surface area contributed by atoms with Gasteiger partial charge in [-0.25, -0.2) is 0 Å². The summed E-state index contributed by atoms with van der Waals surface area (Å²) in [6, 6.07) is 6.79. The van der Waals surface area contributed by atoms with Crippen LogP contribution in [0.4, 0.5) is 0 Å². The third-order valence-corrected chi connectivity index (χ3v) is 4.03. The van der Waals surface area contributed by atoms with Gasteiger partial charge in [0.05, 0.1) is 0 Å². The Morgan fingerprint density at radius 1 is 0.933 bits per heavy atom. The van der Waals surface area contributed by atoms with Crippen molar-refractivity contribution in [2.75, 3.05) is 0 Å². The maximum Gasteiger partial charge on any atom is 0.0114 e. The Kier molecular flexibility index (Phi) is 1.92. The summed E-state index contributed by atoms with van der Waals surface area (Å²) in [6.45, 7) is 15.6. The molecule has 15 heavy (non-hydrogen) atoms. The van der Waals surface area contributed by atoms with E-state index in [4.69, 9.17) is 0 Å². The summed E-state index contributed by atoms with van der Waals surface area (Å²) in [5.74, 6) is 0. The van der Waals surface area contributed by atoms with E-state index in [1.807, 2.05) is 0 Å². The van der Waals surface area contributed by atoms with E-state index in [-0.39, 0.29) is 10.8 Å². The maximum absolute atomic E-state index is 4.30. The molecular weight excluding hydrogens is 180 g/mol. The molecule has 1 aliphatic rings. The first-order chi connectivity index (χ1) is 6.78. The highest BCUT2D eigenvalue weighted by Gasteiger charge is 2.45. The number of benzene rings is 1. The van der Waals surface area contributed by atoms with Crippen molar-refractivity contribution in [1.29, 1.82) is 0 Å². The minimum absolute atomic E-state index is 0.116. The topological polar surface area (TPSA) is 0 Å². The summed E-state index contributed by atoms with van der Waals surface area (Å²) >= 11 is 0. The molecule has 0 aliphatic heterocycles. The fraction of sp³-hybridized carbons (Fsp3) is 0.467. The monoisotopic (exact) mass is 200 g/mol. The van der Waals surface area contributed by atoms with Crippen molar-refractivity contribution in [2.24, 2.45) is 0 Å². The van der Waals surface area contributed by atoms with Crippen LogP contribution in [0.2, 0.25) is 0 Å². The van der Waals surface area contributed by atoms with E-state index in [1.54, 1.807) is 0 Å². The minimum atomic E-state index is 0.116. The van der Waals surface area contributed by atoms with Crippen LogP contribution in [0.1, 0.15) is 44.4 Å². The Morgan fingerprint density at radius 2 is 1.47 bits per heavy atom. The maximum atomic E-state index is 4.30. The summed E-state index contributed by atoms with van der Waals surface area (Å²) in [5.41, 5.74) is 5.81. The predicted molar refractivity (Wildman–Crippen MR) is 66.4 cm³/mol. The zero-order valence-corrected chi connectivity index (χ0v) is 10.4. The second-order valence-electron chi connectivity index (χ2n) is 5.78. The molecule has 0 N–H and O–H groups in total. The molecule has 1 aliphatic carbocycles. The van der Waals surface area contributed by atoms with Crippen LogP contribution in [0, 0.1) is 6.92 Å². The van der Waals surface area contributed by atoms with Crippen LogP contribution in [0.15, 0.2) is 30.4 Å². The van der Waals surface area contributed by atoms with Gasteiger partial charge >= 0.3 is 0 Å². The molecule has 0 heterocycles. The van der Waals surface area contributed by atoms with Crippen LogP contribution < -0.4 is 0 Å². The standard InChI is InChI=1S/C15H20/c1-10-7-8-12-13(9-10)15(5,6)11(2)14(12,3)4/h7-9H,2H2,1,3-6H3. The van der Waals surface area contributed by atoms with E-state index < -0.39 is 0 Å². The summed E-state index contributed by atoms with van der Waals surface area (Å²) in [7, 11) is 0. The van der Waals surface area contributed by atoms with Crippen molar-refractivity contribution in [3.05, 3.63) is 47.0 Å². The summed E-state index contributed by atoms with van der Waals surface area (Å²) < 4.78 is 0. The third kappa shape index (κ3) is 1.20. The van der Waals surface area contributed by atoms with Gasteiger partial charge in [0.1, 0.15) is 0 Å². The van der Waals surface area contributed by atoms with Crippen molar-refractivity contribution < 1.29 is 0 Å². The van der Waals surface area contributed by atoms with Gasteiger partial charge < -0.3 is 0 Å². The number of rotatable bonds is 0. The van der Waals surface area contributed by atoms with E-state index in [2.05, 4.69) is 59.4 Å². The molecule has 0 radical (unpaired) electrons. The number of hydrogen-bond donors (Lipinski definition) is 0. The molecule has 1 aromatic carbocycles. The van der Waals surface area contributed by atoms with Gasteiger partial charge in [-0.1, -0.05) is 63.6 Å². The van der Waals surface area contributed by atoms with E-state index in [1.165, 1.54) is 22.3 Å². The first-order valence-corrected chi connectivity index (χ1v) is 5.59. The summed E-state index contributed by atoms with van der Waals surface area (Å²) in [5, 5.41) is 0. The number of fused-ring (bicyclic) bond motifs is 1. The quantitative estimate of drug-likeness (QED) is 0.553. The Bertz CT molecular complexity index is 433. The molecule has 0 aromatic heterocycles. The summed E-state index contributed by atoms with van der Waals surface area (Å²) in [4.78, 5) is 0. The van der Waals surface area contributed by atoms with Crippen molar-refractivity contribution in [1.82, 2.24) is 0 Å². The molecule has 0 heteroatoms. The van der Waals surface area contributed by atoms with Gasteiger partial charge in [0, 0.05) is 10.8 Å². The molecule has 0 amide bonds. The van der Waals surface area contributed by atoms with Crippen molar-refractivity contribution >= 4 is 0 Å². The number of hydrogen-bond acceptors (Lipinski definition) is 0. The van der Waals surface area contributed by atoms with Gasteiger partial charge in [0.2, 0.25) is 0 Å². The Hall–Kier alpha value is -1.04. The lowest BCUT2D eigenvalue weighted by molar-refractivity contribution is 0.553. The SMILES string of the molecule is C=C1C(C)(C)c2ccc(C)cc2C1(C)C. The van der Waals surface area contributed by atoms with Gasteiger partial charge in [-0.2, -0.15) is 0 Å². The van der Waals surface area contributed by atoms with E-state index in [0.717, 1.165) is 0 Å². The average molecular weight is 200 g/mol. The molecule has 0 nitrogen and oxygen atoms in total. The number of aryl methyl sites for hydroxylation is 1. The molecule has 0 saturated heterocycles. The molecular formula is C15H20. The molecule has 1 aromatic rings. The zero-order chi connectivity index (χ0) is 11.4. The zero-order valence-electron chi connectivity index (χ0n) is 10.4. The highest BCUT2D eigenvalue weighted by molar-refractivity contribution is 5.57. The molecule has 0 spiro atoms. The Balaban J connectivity index is 2.77. The Morgan fingerprint density at radius 3 is 2.07 bits per heavy atom. The Labute approximate surface area is 93.0 Å². The molecule has 0 saturated carbocycles. The van der Waals surface area contributed by atoms with E-state index in [9.17, 15) is 0 Å². The molecule has 80 valence electrons. The lowest BCUT2D eigenvalue weighted by atomic mass is 9.77. The molecule has 0 unspecified atom stereocenters. The average Bonchev–Trinajstić information content (AvgIpc) is 2.26.